The van der Waals surface area contributed by atoms with Crippen molar-refractivity contribution in [2.24, 2.45) is 5.92 Å². The zero-order chi connectivity index (χ0) is 32.4. The number of ketones is 1. The van der Waals surface area contributed by atoms with Crippen molar-refractivity contribution in [1.82, 2.24) is 35.0 Å². The Labute approximate surface area is 277 Å². The maximum atomic E-state index is 13.8. The van der Waals surface area contributed by atoms with E-state index in [0.29, 0.717) is 31.9 Å². The van der Waals surface area contributed by atoms with Crippen molar-refractivity contribution < 1.29 is 9.59 Å². The Bertz CT molecular complexity index is 1890. The lowest BCUT2D eigenvalue weighted by atomic mass is 9.92. The maximum absolute atomic E-state index is 13.8. The van der Waals surface area contributed by atoms with Gasteiger partial charge in [0.2, 0.25) is 5.91 Å². The van der Waals surface area contributed by atoms with Crippen molar-refractivity contribution >= 4 is 45.9 Å². The summed E-state index contributed by atoms with van der Waals surface area (Å²) in [5, 5.41) is 11.7. The fourth-order valence-electron chi connectivity index (χ4n) is 6.62. The van der Waals surface area contributed by atoms with E-state index in [2.05, 4.69) is 45.2 Å². The molecule has 5 aromatic rings. The number of pyridine rings is 2. The topological polar surface area (TPSA) is 133 Å². The molecule has 2 aliphatic rings. The lowest BCUT2D eigenvalue weighted by Crippen LogP contribution is -2.44. The third-order valence-corrected chi connectivity index (χ3v) is 10.6. The van der Waals surface area contributed by atoms with Gasteiger partial charge in [0.15, 0.2) is 5.82 Å². The Morgan fingerprint density at radius 3 is 2.55 bits per heavy atom. The first-order valence-corrected chi connectivity index (χ1v) is 17.1. The number of nitrogens with one attached hydrogen (secondary N) is 2. The van der Waals surface area contributed by atoms with Crippen LogP contribution in [0.5, 0.6) is 0 Å². The predicted molar refractivity (Wildman–Crippen MR) is 185 cm³/mol. The van der Waals surface area contributed by atoms with E-state index in [4.69, 9.17) is 0 Å². The Morgan fingerprint density at radius 2 is 1.81 bits per heavy atom. The van der Waals surface area contributed by atoms with E-state index < -0.39 is 4.75 Å². The molecule has 2 fully saturated rings. The van der Waals surface area contributed by atoms with Crippen LogP contribution in [0.2, 0.25) is 0 Å². The number of amides is 1. The minimum absolute atomic E-state index is 0.0152. The van der Waals surface area contributed by atoms with Gasteiger partial charge in [-0.15, -0.1) is 11.8 Å². The monoisotopic (exact) mass is 647 g/mol. The molecule has 7 rings (SSSR count). The van der Waals surface area contributed by atoms with Gasteiger partial charge in [0.25, 0.3) is 0 Å². The number of benzene rings is 1. The molecule has 4 aromatic heterocycles. The number of aromatic nitrogens is 6. The van der Waals surface area contributed by atoms with Gasteiger partial charge in [-0.3, -0.25) is 24.6 Å². The van der Waals surface area contributed by atoms with Crippen LogP contribution in [0.15, 0.2) is 73.3 Å². The van der Waals surface area contributed by atoms with Gasteiger partial charge in [0.1, 0.15) is 22.0 Å². The summed E-state index contributed by atoms with van der Waals surface area (Å²) < 4.78 is -0.622. The molecule has 12 heteroatoms. The summed E-state index contributed by atoms with van der Waals surface area (Å²) in [6.07, 6.45) is 11.3. The molecular weight excluding hydrogens is 611 g/mol. The fourth-order valence-corrected chi connectivity index (χ4v) is 7.46. The lowest BCUT2D eigenvalue weighted by Gasteiger charge is -2.33. The van der Waals surface area contributed by atoms with Crippen LogP contribution >= 0.6 is 11.8 Å². The second kappa shape index (κ2) is 13.2. The van der Waals surface area contributed by atoms with E-state index in [1.165, 1.54) is 0 Å². The molecule has 1 atom stereocenters. The molecule has 0 bridgehead atoms. The molecule has 240 valence electrons. The van der Waals surface area contributed by atoms with Crippen LogP contribution in [-0.2, 0) is 9.59 Å². The van der Waals surface area contributed by atoms with Crippen LogP contribution in [0, 0.1) is 12.8 Å². The van der Waals surface area contributed by atoms with Crippen molar-refractivity contribution in [3.8, 4) is 22.6 Å². The standard InChI is InChI=1S/C35H37N9O2S/c1-23-18-25(8-14-36-23)32-28-19-27(5-6-29(28)41-42-32)40-34(46)35(47-2)11-17-43(22-35)21-30(45)24-9-15-44(16-10-24)31-7-4-26(20-39-31)33-37-12-3-13-38-33/h3-8,12-14,18-20,24H,9-11,15-17,21-22H2,1-2H3,(H,40,46)(H,41,42)/t35-/m0/s1. The van der Waals surface area contributed by atoms with Crippen LogP contribution in [-0.4, -0.2) is 90.5 Å². The number of fused-ring (bicyclic) bond motifs is 1. The highest BCUT2D eigenvalue weighted by Gasteiger charge is 2.45. The van der Waals surface area contributed by atoms with Crippen molar-refractivity contribution in [1.29, 1.82) is 0 Å². The molecule has 0 spiro atoms. The predicted octanol–water partition coefficient (Wildman–Crippen LogP) is 5.02. The van der Waals surface area contributed by atoms with Gasteiger partial charge in [-0.05, 0) is 81.0 Å². The average Bonchev–Trinajstić information content (AvgIpc) is 3.73. The maximum Gasteiger partial charge on any atom is 0.241 e. The largest absolute Gasteiger partial charge is 0.357 e. The van der Waals surface area contributed by atoms with Crippen LogP contribution in [0.4, 0.5) is 11.5 Å². The number of piperidine rings is 1. The quantitative estimate of drug-likeness (QED) is 0.225. The lowest BCUT2D eigenvalue weighted by molar-refractivity contribution is -0.124. The number of anilines is 2. The number of carbonyl (C=O) groups is 2. The molecule has 47 heavy (non-hydrogen) atoms. The third kappa shape index (κ3) is 6.48. The first-order chi connectivity index (χ1) is 22.9. The van der Waals surface area contributed by atoms with Crippen LogP contribution in [0.1, 0.15) is 25.0 Å². The second-order valence-corrected chi connectivity index (χ2v) is 13.5. The molecule has 0 unspecified atom stereocenters. The van der Waals surface area contributed by atoms with Gasteiger partial charge in [0.05, 0.1) is 12.1 Å². The number of hydrogen-bond acceptors (Lipinski definition) is 10. The normalized spacial score (nSPS) is 18.9. The number of Topliss-reactive ketones (excluding diaryl/α,β-unsaturated/α-hetero) is 1. The van der Waals surface area contributed by atoms with Crippen LogP contribution in [0.25, 0.3) is 33.5 Å². The molecule has 0 aliphatic carbocycles. The molecule has 11 nitrogen and oxygen atoms in total. The fraction of sp³-hybridized carbons (Fsp3) is 0.343. The van der Waals surface area contributed by atoms with Gasteiger partial charge in [-0.25, -0.2) is 15.0 Å². The number of aryl methyl sites for hydroxylation is 1. The third-order valence-electron chi connectivity index (χ3n) is 9.33. The Balaban J connectivity index is 0.941. The van der Waals surface area contributed by atoms with E-state index in [-0.39, 0.29) is 17.6 Å². The number of rotatable bonds is 9. The molecule has 0 radical (unpaired) electrons. The number of likely N-dealkylation sites (tertiary alicyclic amines) is 1. The zero-order valence-corrected chi connectivity index (χ0v) is 27.3. The summed E-state index contributed by atoms with van der Waals surface area (Å²) in [5.74, 6) is 1.80. The second-order valence-electron chi connectivity index (χ2n) is 12.3. The van der Waals surface area contributed by atoms with E-state index >= 15 is 0 Å². The van der Waals surface area contributed by atoms with Gasteiger partial charge in [0, 0.05) is 84.8 Å². The number of carbonyl (C=O) groups excluding carboxylic acids is 2. The van der Waals surface area contributed by atoms with Gasteiger partial charge >= 0.3 is 0 Å². The zero-order valence-electron chi connectivity index (χ0n) is 26.5. The first kappa shape index (κ1) is 30.9. The number of aromatic amines is 1. The molecule has 2 aliphatic heterocycles. The highest BCUT2D eigenvalue weighted by molar-refractivity contribution is 8.00. The average molecular weight is 648 g/mol. The highest BCUT2D eigenvalue weighted by Crippen LogP contribution is 2.36. The molecule has 2 saturated heterocycles. The molecule has 2 N–H and O–H groups in total. The SMILES string of the molecule is CS[C@@]1(C(=O)Nc2ccc3[nH]nc(-c4ccnc(C)c4)c3c2)CCN(CC(=O)C2CCN(c3ccc(-c4ncccn4)cn3)CC2)C1. The number of H-pyrrole nitrogens is 1. The summed E-state index contributed by atoms with van der Waals surface area (Å²) in [6.45, 7) is 5.15. The summed E-state index contributed by atoms with van der Waals surface area (Å²) >= 11 is 1.57. The van der Waals surface area contributed by atoms with E-state index in [1.807, 2.05) is 55.6 Å². The Hall–Kier alpha value is -4.68. The number of thioether (sulfide) groups is 1. The van der Waals surface area contributed by atoms with Gasteiger partial charge in [-0.2, -0.15) is 5.10 Å². The summed E-state index contributed by atoms with van der Waals surface area (Å²) in [6, 6.07) is 15.5. The van der Waals surface area contributed by atoms with Crippen molar-refractivity contribution in [2.75, 3.05) is 49.2 Å². The molecular formula is C35H37N9O2S. The van der Waals surface area contributed by atoms with Crippen molar-refractivity contribution in [2.45, 2.75) is 30.9 Å². The smallest absolute Gasteiger partial charge is 0.241 e. The van der Waals surface area contributed by atoms with Crippen molar-refractivity contribution in [3.05, 3.63) is 79.0 Å². The minimum Gasteiger partial charge on any atom is -0.357 e. The van der Waals surface area contributed by atoms with Gasteiger partial charge in [-0.1, -0.05) is 0 Å². The Kier molecular flexibility index (Phi) is 8.70. The first-order valence-electron chi connectivity index (χ1n) is 15.9. The highest BCUT2D eigenvalue weighted by atomic mass is 32.2. The minimum atomic E-state index is -0.622. The summed E-state index contributed by atoms with van der Waals surface area (Å²) in [7, 11) is 0. The Morgan fingerprint density at radius 1 is 0.979 bits per heavy atom. The van der Waals surface area contributed by atoms with E-state index in [1.54, 1.807) is 42.6 Å². The molecule has 0 saturated carbocycles. The van der Waals surface area contributed by atoms with Crippen LogP contribution < -0.4 is 10.2 Å². The van der Waals surface area contributed by atoms with Gasteiger partial charge < -0.3 is 10.2 Å². The number of nitrogens with zero attached hydrogens (tertiary/aromatic N) is 7. The van der Waals surface area contributed by atoms with Crippen LogP contribution in [0.3, 0.4) is 0 Å². The van der Waals surface area contributed by atoms with E-state index in [0.717, 1.165) is 70.9 Å². The van der Waals surface area contributed by atoms with E-state index in [9.17, 15) is 9.59 Å². The number of hydrogen-bond donors (Lipinski definition) is 2. The molecule has 1 amide bonds. The van der Waals surface area contributed by atoms with Crippen molar-refractivity contribution in [3.63, 3.8) is 0 Å². The molecule has 1 aromatic carbocycles. The summed E-state index contributed by atoms with van der Waals surface area (Å²) in [4.78, 5) is 49.1. The summed E-state index contributed by atoms with van der Waals surface area (Å²) in [5.41, 5.74) is 5.21. The molecule has 6 heterocycles.